The van der Waals surface area contributed by atoms with Gasteiger partial charge in [-0.3, -0.25) is 13.9 Å². The number of benzene rings is 3. The Morgan fingerprint density at radius 1 is 1.03 bits per heavy atom. The Bertz CT molecular complexity index is 1340. The van der Waals surface area contributed by atoms with Crippen molar-refractivity contribution in [1.82, 2.24) is 9.13 Å². The van der Waals surface area contributed by atoms with Gasteiger partial charge in [-0.2, -0.15) is 0 Å². The fraction of sp³-hybridized carbons (Fsp3) is 0.0909. The minimum absolute atomic E-state index is 0.0266. The molecular formula is C22H18F2N4O2. The highest BCUT2D eigenvalue weighted by atomic mass is 19.1. The standard InChI is InChI=1S/C22H18F2N4O2/c1-27-19-4-2-3-5-20(19)28(22(27)30)12-14-7-6-13(10-16(14)24)21(29)26-18-9-8-15(23)11-17(18)25/h2-11H,12,25H2,1H3,(H,26,29). The molecule has 3 aromatic carbocycles. The highest BCUT2D eigenvalue weighted by molar-refractivity contribution is 6.05. The number of hydrogen-bond acceptors (Lipinski definition) is 3. The number of aromatic nitrogens is 2. The summed E-state index contributed by atoms with van der Waals surface area (Å²) in [5.41, 5.74) is 7.50. The van der Waals surface area contributed by atoms with E-state index in [1.54, 1.807) is 13.1 Å². The summed E-state index contributed by atoms with van der Waals surface area (Å²) in [6, 6.07) is 14.9. The number of aryl methyl sites for hydroxylation is 1. The molecule has 3 N–H and O–H groups in total. The molecule has 6 nitrogen and oxygen atoms in total. The third kappa shape index (κ3) is 3.43. The number of rotatable bonds is 4. The lowest BCUT2D eigenvalue weighted by Crippen LogP contribution is -2.23. The smallest absolute Gasteiger partial charge is 0.329 e. The van der Waals surface area contributed by atoms with E-state index in [-0.39, 0.29) is 34.7 Å². The van der Waals surface area contributed by atoms with Crippen LogP contribution >= 0.6 is 0 Å². The molecule has 4 rings (SSSR count). The highest BCUT2D eigenvalue weighted by Crippen LogP contribution is 2.21. The Balaban J connectivity index is 1.60. The molecule has 0 aliphatic rings. The van der Waals surface area contributed by atoms with E-state index < -0.39 is 17.5 Å². The molecule has 0 saturated heterocycles. The average molecular weight is 408 g/mol. The normalized spacial score (nSPS) is 11.0. The number of para-hydroxylation sites is 2. The van der Waals surface area contributed by atoms with Crippen molar-refractivity contribution in [2.45, 2.75) is 6.54 Å². The van der Waals surface area contributed by atoms with Crippen molar-refractivity contribution in [1.29, 1.82) is 0 Å². The average Bonchev–Trinajstić information content (AvgIpc) is 2.96. The second-order valence-corrected chi connectivity index (χ2v) is 6.91. The summed E-state index contributed by atoms with van der Waals surface area (Å²) in [7, 11) is 1.66. The SMILES string of the molecule is Cn1c(=O)n(Cc2ccc(C(=O)Nc3ccc(F)cc3N)cc2F)c2ccccc21. The van der Waals surface area contributed by atoms with Crippen molar-refractivity contribution in [3.8, 4) is 0 Å². The second kappa shape index (κ2) is 7.47. The number of nitrogens with one attached hydrogen (secondary N) is 1. The molecule has 1 aromatic heterocycles. The van der Waals surface area contributed by atoms with Crippen molar-refractivity contribution in [3.63, 3.8) is 0 Å². The zero-order chi connectivity index (χ0) is 21.4. The Morgan fingerprint density at radius 3 is 2.47 bits per heavy atom. The number of nitrogens with zero attached hydrogens (tertiary/aromatic N) is 2. The first-order valence-corrected chi connectivity index (χ1v) is 9.14. The van der Waals surface area contributed by atoms with Gasteiger partial charge in [0.15, 0.2) is 0 Å². The van der Waals surface area contributed by atoms with Gasteiger partial charge in [0.2, 0.25) is 0 Å². The van der Waals surface area contributed by atoms with Crippen LogP contribution in [-0.4, -0.2) is 15.0 Å². The quantitative estimate of drug-likeness (QED) is 0.507. The van der Waals surface area contributed by atoms with Gasteiger partial charge in [-0.25, -0.2) is 13.6 Å². The van der Waals surface area contributed by atoms with Crippen LogP contribution in [0.3, 0.4) is 0 Å². The maximum Gasteiger partial charge on any atom is 0.329 e. The highest BCUT2D eigenvalue weighted by Gasteiger charge is 2.15. The number of amides is 1. The van der Waals surface area contributed by atoms with Gasteiger partial charge in [0.05, 0.1) is 29.0 Å². The third-order valence-electron chi connectivity index (χ3n) is 4.96. The van der Waals surface area contributed by atoms with Crippen LogP contribution in [-0.2, 0) is 13.6 Å². The molecule has 30 heavy (non-hydrogen) atoms. The first kappa shape index (κ1) is 19.4. The number of hydrogen-bond donors (Lipinski definition) is 2. The number of nitrogen functional groups attached to an aromatic ring is 1. The van der Waals surface area contributed by atoms with Gasteiger partial charge in [0, 0.05) is 18.2 Å². The van der Waals surface area contributed by atoms with Crippen LogP contribution in [0.5, 0.6) is 0 Å². The summed E-state index contributed by atoms with van der Waals surface area (Å²) < 4.78 is 30.9. The predicted octanol–water partition coefficient (Wildman–Crippen LogP) is 3.50. The molecule has 0 aliphatic heterocycles. The summed E-state index contributed by atoms with van der Waals surface area (Å²) in [5.74, 6) is -1.72. The summed E-state index contributed by atoms with van der Waals surface area (Å²) in [6.45, 7) is 0.0266. The van der Waals surface area contributed by atoms with Gasteiger partial charge in [-0.1, -0.05) is 18.2 Å². The Labute approximate surface area is 170 Å². The van der Waals surface area contributed by atoms with Crippen molar-refractivity contribution < 1.29 is 13.6 Å². The zero-order valence-corrected chi connectivity index (χ0v) is 16.0. The van der Waals surface area contributed by atoms with Crippen LogP contribution in [0, 0.1) is 11.6 Å². The van der Waals surface area contributed by atoms with E-state index in [1.165, 1.54) is 27.3 Å². The van der Waals surface area contributed by atoms with Crippen LogP contribution in [0.25, 0.3) is 11.0 Å². The topological polar surface area (TPSA) is 82.0 Å². The van der Waals surface area contributed by atoms with Crippen LogP contribution < -0.4 is 16.7 Å². The number of halogens is 2. The molecule has 152 valence electrons. The maximum atomic E-state index is 14.7. The van der Waals surface area contributed by atoms with Gasteiger partial charge >= 0.3 is 5.69 Å². The Morgan fingerprint density at radius 2 is 1.77 bits per heavy atom. The maximum absolute atomic E-state index is 14.7. The van der Waals surface area contributed by atoms with Gasteiger partial charge in [-0.05, 0) is 42.5 Å². The monoisotopic (exact) mass is 408 g/mol. The molecule has 8 heteroatoms. The summed E-state index contributed by atoms with van der Waals surface area (Å²) in [4.78, 5) is 25.0. The largest absolute Gasteiger partial charge is 0.397 e. The number of imidazole rings is 1. The lowest BCUT2D eigenvalue weighted by atomic mass is 10.1. The van der Waals surface area contributed by atoms with Crippen molar-refractivity contribution >= 4 is 28.3 Å². The molecule has 0 fully saturated rings. The first-order chi connectivity index (χ1) is 14.3. The van der Waals surface area contributed by atoms with E-state index >= 15 is 0 Å². The van der Waals surface area contributed by atoms with Gasteiger partial charge in [0.1, 0.15) is 11.6 Å². The number of anilines is 2. The number of carbonyl (C=O) groups is 1. The molecule has 0 aliphatic carbocycles. The molecule has 0 spiro atoms. The van der Waals surface area contributed by atoms with Crippen molar-refractivity contribution in [2.75, 3.05) is 11.1 Å². The fourth-order valence-corrected chi connectivity index (χ4v) is 3.35. The van der Waals surface area contributed by atoms with Gasteiger partial charge in [-0.15, -0.1) is 0 Å². The Hall–Kier alpha value is -3.94. The molecule has 0 bridgehead atoms. The van der Waals surface area contributed by atoms with Crippen LogP contribution in [0.1, 0.15) is 15.9 Å². The van der Waals surface area contributed by atoms with Crippen LogP contribution in [0.15, 0.2) is 65.5 Å². The third-order valence-corrected chi connectivity index (χ3v) is 4.96. The molecular weight excluding hydrogens is 390 g/mol. The predicted molar refractivity (Wildman–Crippen MR) is 111 cm³/mol. The van der Waals surface area contributed by atoms with E-state index in [4.69, 9.17) is 5.73 Å². The van der Waals surface area contributed by atoms with E-state index in [0.29, 0.717) is 5.52 Å². The minimum atomic E-state index is -0.616. The molecule has 0 atom stereocenters. The Kier molecular flexibility index (Phi) is 4.83. The molecule has 0 saturated carbocycles. The van der Waals surface area contributed by atoms with E-state index in [0.717, 1.165) is 23.7 Å². The zero-order valence-electron chi connectivity index (χ0n) is 16.0. The van der Waals surface area contributed by atoms with Crippen LogP contribution in [0.2, 0.25) is 0 Å². The minimum Gasteiger partial charge on any atom is -0.397 e. The van der Waals surface area contributed by atoms with Crippen LogP contribution in [0.4, 0.5) is 20.2 Å². The van der Waals surface area contributed by atoms with Gasteiger partial charge < -0.3 is 11.1 Å². The lowest BCUT2D eigenvalue weighted by molar-refractivity contribution is 0.102. The lowest BCUT2D eigenvalue weighted by Gasteiger charge is -2.10. The first-order valence-electron chi connectivity index (χ1n) is 9.14. The van der Waals surface area contributed by atoms with E-state index in [1.807, 2.05) is 18.2 Å². The van der Waals surface area contributed by atoms with Crippen molar-refractivity contribution in [2.24, 2.45) is 7.05 Å². The molecule has 0 unspecified atom stereocenters. The summed E-state index contributed by atoms with van der Waals surface area (Å²) in [6.07, 6.45) is 0. The molecule has 0 radical (unpaired) electrons. The number of nitrogens with two attached hydrogens (primary N) is 1. The van der Waals surface area contributed by atoms with E-state index in [2.05, 4.69) is 5.32 Å². The van der Waals surface area contributed by atoms with Crippen molar-refractivity contribution in [3.05, 3.63) is 93.9 Å². The summed E-state index contributed by atoms with van der Waals surface area (Å²) >= 11 is 0. The van der Waals surface area contributed by atoms with Gasteiger partial charge in [0.25, 0.3) is 5.91 Å². The summed E-state index contributed by atoms with van der Waals surface area (Å²) in [5, 5.41) is 2.53. The van der Waals surface area contributed by atoms with E-state index in [9.17, 15) is 18.4 Å². The fourth-order valence-electron chi connectivity index (χ4n) is 3.35. The number of carbonyl (C=O) groups excluding carboxylic acids is 1. The number of fused-ring (bicyclic) bond motifs is 1. The molecule has 4 aromatic rings. The molecule has 1 amide bonds. The molecule has 1 heterocycles. The second-order valence-electron chi connectivity index (χ2n) is 6.91.